The molecule has 0 amide bonds. The number of Topliss-reactive ketones (excluding diaryl/α,β-unsaturated/α-hetero) is 1. The topological polar surface area (TPSA) is 93.2 Å². The third-order valence-electron chi connectivity index (χ3n) is 4.16. The number of hydrogen-bond acceptors (Lipinski definition) is 6. The molecule has 1 N–H and O–H groups in total. The second kappa shape index (κ2) is 9.69. The maximum absolute atomic E-state index is 12.5. The fourth-order valence-electron chi connectivity index (χ4n) is 2.71. The number of nitrogens with zero attached hydrogens (tertiary/aromatic N) is 1. The summed E-state index contributed by atoms with van der Waals surface area (Å²) in [5.74, 6) is -0.294. The minimum Gasteiger partial charge on any atom is -0.293 e. The van der Waals surface area contributed by atoms with E-state index in [-0.39, 0.29) is 22.4 Å². The average molecular weight is 441 g/mol. The molecule has 6 nitrogen and oxygen atoms in total. The lowest BCUT2D eigenvalue weighted by molar-refractivity contribution is -0.109. The van der Waals surface area contributed by atoms with Crippen LogP contribution in [0.3, 0.4) is 0 Å². The van der Waals surface area contributed by atoms with Crippen molar-refractivity contribution in [2.75, 3.05) is 10.5 Å². The van der Waals surface area contributed by atoms with Crippen LogP contribution >= 0.6 is 11.8 Å². The largest absolute Gasteiger partial charge is 0.293 e. The lowest BCUT2D eigenvalue weighted by Gasteiger charge is -2.09. The maximum Gasteiger partial charge on any atom is 0.236 e. The molecule has 0 spiro atoms. The highest BCUT2D eigenvalue weighted by Gasteiger charge is 2.13. The minimum absolute atomic E-state index is 0.0644. The van der Waals surface area contributed by atoms with Gasteiger partial charge in [0.25, 0.3) is 0 Å². The fraction of sp³-hybridized carbons (Fsp3) is 0.136. The predicted octanol–water partition coefficient (Wildman–Crippen LogP) is 4.15. The molecule has 0 saturated heterocycles. The molecule has 1 aromatic heterocycles. The molecule has 3 aromatic rings. The van der Waals surface area contributed by atoms with Crippen molar-refractivity contribution in [3.8, 4) is 11.3 Å². The van der Waals surface area contributed by atoms with Gasteiger partial charge >= 0.3 is 0 Å². The van der Waals surface area contributed by atoms with E-state index in [0.29, 0.717) is 16.8 Å². The molecule has 0 bridgehead atoms. The lowest BCUT2D eigenvalue weighted by atomic mass is 10.1. The average Bonchev–Trinajstić information content (AvgIpc) is 2.73. The van der Waals surface area contributed by atoms with E-state index in [9.17, 15) is 18.0 Å². The molecular formula is C22H20N2O4S2. The Kier molecular flexibility index (Phi) is 7.02. The van der Waals surface area contributed by atoms with E-state index in [4.69, 9.17) is 0 Å². The SMILES string of the molecule is CC(=O)SCC(=O)c1ccc(NS(=O)(=O)Cc2ccc(-c3ccccn3)cc2)cc1. The smallest absolute Gasteiger partial charge is 0.236 e. The summed E-state index contributed by atoms with van der Waals surface area (Å²) in [5, 5.41) is -0.124. The van der Waals surface area contributed by atoms with Crippen LogP contribution in [0.15, 0.2) is 72.9 Å². The van der Waals surface area contributed by atoms with Crippen LogP contribution in [0.2, 0.25) is 0 Å². The molecular weight excluding hydrogens is 420 g/mol. The van der Waals surface area contributed by atoms with Gasteiger partial charge in [0.1, 0.15) is 0 Å². The van der Waals surface area contributed by atoms with Crippen molar-refractivity contribution in [1.29, 1.82) is 0 Å². The molecule has 0 saturated carbocycles. The highest BCUT2D eigenvalue weighted by Crippen LogP contribution is 2.19. The van der Waals surface area contributed by atoms with Crippen LogP contribution in [0.1, 0.15) is 22.8 Å². The van der Waals surface area contributed by atoms with Crippen LogP contribution in [-0.4, -0.2) is 30.1 Å². The summed E-state index contributed by atoms with van der Waals surface area (Å²) in [5.41, 5.74) is 3.18. The summed E-state index contributed by atoms with van der Waals surface area (Å²) in [7, 11) is -3.62. The third kappa shape index (κ3) is 6.27. The monoisotopic (exact) mass is 440 g/mol. The van der Waals surface area contributed by atoms with Crippen molar-refractivity contribution < 1.29 is 18.0 Å². The van der Waals surface area contributed by atoms with Crippen molar-refractivity contribution in [3.05, 3.63) is 84.1 Å². The molecule has 3 rings (SSSR count). The number of hydrogen-bond donors (Lipinski definition) is 1. The van der Waals surface area contributed by atoms with Crippen molar-refractivity contribution >= 4 is 38.4 Å². The van der Waals surface area contributed by atoms with Gasteiger partial charge in [-0.1, -0.05) is 42.1 Å². The number of ketones is 1. The zero-order valence-electron chi connectivity index (χ0n) is 16.2. The molecule has 2 aromatic carbocycles. The number of carbonyl (C=O) groups excluding carboxylic acids is 2. The molecule has 0 radical (unpaired) electrons. The second-order valence-corrected chi connectivity index (χ2v) is 9.43. The fourth-order valence-corrected chi connectivity index (χ4v) is 4.41. The van der Waals surface area contributed by atoms with Gasteiger partial charge in [-0.3, -0.25) is 19.3 Å². The number of anilines is 1. The molecule has 154 valence electrons. The normalized spacial score (nSPS) is 11.1. The number of sulfonamides is 1. The van der Waals surface area contributed by atoms with Gasteiger partial charge < -0.3 is 0 Å². The first kappa shape index (κ1) is 21.7. The number of carbonyl (C=O) groups is 2. The Morgan fingerprint density at radius 1 is 0.967 bits per heavy atom. The van der Waals surface area contributed by atoms with Gasteiger partial charge in [0.05, 0.1) is 17.2 Å². The van der Waals surface area contributed by atoms with E-state index >= 15 is 0 Å². The zero-order valence-corrected chi connectivity index (χ0v) is 17.9. The van der Waals surface area contributed by atoms with Crippen molar-refractivity contribution in [1.82, 2.24) is 4.98 Å². The van der Waals surface area contributed by atoms with Gasteiger partial charge in [0.2, 0.25) is 10.0 Å². The van der Waals surface area contributed by atoms with Crippen molar-refractivity contribution in [2.45, 2.75) is 12.7 Å². The molecule has 0 aliphatic carbocycles. The van der Waals surface area contributed by atoms with Gasteiger partial charge in [-0.05, 0) is 42.0 Å². The first-order valence-corrected chi connectivity index (χ1v) is 11.7. The number of pyridine rings is 1. The number of rotatable bonds is 8. The van der Waals surface area contributed by atoms with E-state index < -0.39 is 10.0 Å². The van der Waals surface area contributed by atoms with E-state index in [1.54, 1.807) is 30.5 Å². The lowest BCUT2D eigenvalue weighted by Crippen LogP contribution is -2.15. The summed E-state index contributed by atoms with van der Waals surface area (Å²) >= 11 is 0.945. The molecule has 0 aliphatic heterocycles. The number of nitrogens with one attached hydrogen (secondary N) is 1. The van der Waals surface area contributed by atoms with Crippen LogP contribution in [0.5, 0.6) is 0 Å². The highest BCUT2D eigenvalue weighted by atomic mass is 32.2. The Balaban J connectivity index is 1.62. The van der Waals surface area contributed by atoms with Gasteiger partial charge in [-0.25, -0.2) is 8.42 Å². The first-order valence-electron chi connectivity index (χ1n) is 9.10. The van der Waals surface area contributed by atoms with E-state index in [1.165, 1.54) is 19.1 Å². The number of thioether (sulfide) groups is 1. The quantitative estimate of drug-likeness (QED) is 0.529. The molecule has 0 unspecified atom stereocenters. The third-order valence-corrected chi connectivity index (χ3v) is 6.23. The predicted molar refractivity (Wildman–Crippen MR) is 120 cm³/mol. The Labute approximate surface area is 179 Å². The molecule has 0 aliphatic rings. The Morgan fingerprint density at radius 2 is 1.67 bits per heavy atom. The molecule has 1 heterocycles. The summed E-state index contributed by atoms with van der Waals surface area (Å²) < 4.78 is 27.5. The van der Waals surface area contributed by atoms with Crippen LogP contribution < -0.4 is 4.72 Å². The highest BCUT2D eigenvalue weighted by molar-refractivity contribution is 8.14. The Hall–Kier alpha value is -2.97. The second-order valence-electron chi connectivity index (χ2n) is 6.55. The van der Waals surface area contributed by atoms with Crippen molar-refractivity contribution in [2.24, 2.45) is 0 Å². The zero-order chi connectivity index (χ0) is 21.6. The van der Waals surface area contributed by atoms with Gasteiger partial charge in [0, 0.05) is 29.9 Å². The summed E-state index contributed by atoms with van der Waals surface area (Å²) in [6.07, 6.45) is 1.71. The summed E-state index contributed by atoms with van der Waals surface area (Å²) in [6, 6.07) is 19.0. The number of benzene rings is 2. The first-order chi connectivity index (χ1) is 14.3. The van der Waals surface area contributed by atoms with Crippen molar-refractivity contribution in [3.63, 3.8) is 0 Å². The van der Waals surface area contributed by atoms with E-state index in [0.717, 1.165) is 23.0 Å². The van der Waals surface area contributed by atoms with Crippen LogP contribution in [-0.2, 0) is 20.6 Å². The number of aromatic nitrogens is 1. The maximum atomic E-state index is 12.5. The standard InChI is InChI=1S/C22H20N2O4S2/c1-16(25)29-14-22(26)19-9-11-20(12-10-19)24-30(27,28)15-17-5-7-18(8-6-17)21-4-2-3-13-23-21/h2-13,24H,14-15H2,1H3. The Bertz CT molecular complexity index is 1130. The molecule has 0 fully saturated rings. The molecule has 30 heavy (non-hydrogen) atoms. The van der Waals surface area contributed by atoms with Gasteiger partial charge in [-0.15, -0.1) is 0 Å². The van der Waals surface area contributed by atoms with E-state index in [2.05, 4.69) is 9.71 Å². The summed E-state index contributed by atoms with van der Waals surface area (Å²) in [6.45, 7) is 1.40. The minimum atomic E-state index is -3.62. The van der Waals surface area contributed by atoms with Crippen LogP contribution in [0.4, 0.5) is 5.69 Å². The molecule has 0 atom stereocenters. The molecule has 8 heteroatoms. The van der Waals surface area contributed by atoms with Crippen LogP contribution in [0, 0.1) is 0 Å². The summed E-state index contributed by atoms with van der Waals surface area (Å²) in [4.78, 5) is 27.2. The van der Waals surface area contributed by atoms with Crippen LogP contribution in [0.25, 0.3) is 11.3 Å². The van der Waals surface area contributed by atoms with E-state index in [1.807, 2.05) is 30.3 Å². The van der Waals surface area contributed by atoms with Gasteiger partial charge in [-0.2, -0.15) is 0 Å². The van der Waals surface area contributed by atoms with Gasteiger partial charge in [0.15, 0.2) is 10.9 Å². The Morgan fingerprint density at radius 3 is 2.27 bits per heavy atom.